The summed E-state index contributed by atoms with van der Waals surface area (Å²) in [6.07, 6.45) is 18.3. The summed E-state index contributed by atoms with van der Waals surface area (Å²) < 4.78 is 0. The molecule has 3 N–H and O–H groups in total. The zero-order valence-corrected chi connectivity index (χ0v) is 25.3. The van der Waals surface area contributed by atoms with E-state index in [2.05, 4.69) is 64.0 Å². The third-order valence-corrected chi connectivity index (χ3v) is 11.8. The second kappa shape index (κ2) is 11.0. The molecule has 1 aromatic rings. The van der Waals surface area contributed by atoms with Crippen molar-refractivity contribution in [3.63, 3.8) is 0 Å². The smallest absolute Gasteiger partial charge is 0.102 e. The highest BCUT2D eigenvalue weighted by Crippen LogP contribution is 2.62. The average molecular weight is 552 g/mol. The Hall–Kier alpha value is -1.53. The van der Waals surface area contributed by atoms with Crippen LogP contribution in [0.1, 0.15) is 103 Å². The van der Waals surface area contributed by atoms with E-state index in [4.69, 9.17) is 4.98 Å². The van der Waals surface area contributed by atoms with Gasteiger partial charge in [-0.05, 0) is 91.6 Å². The molecule has 4 fully saturated rings. The lowest BCUT2D eigenvalue weighted by Gasteiger charge is -2.47. The topological polar surface area (TPSA) is 73.6 Å². The first-order valence-electron chi connectivity index (χ1n) is 15.3. The van der Waals surface area contributed by atoms with Gasteiger partial charge < -0.3 is 15.3 Å². The summed E-state index contributed by atoms with van der Waals surface area (Å²) in [4.78, 5) is 4.90. The summed E-state index contributed by atoms with van der Waals surface area (Å²) >= 11 is 1.73. The zero-order valence-electron chi connectivity index (χ0n) is 24.5. The van der Waals surface area contributed by atoms with Crippen LogP contribution in [-0.4, -0.2) is 38.6 Å². The Bertz CT molecular complexity index is 1150. The maximum atomic E-state index is 11.4. The predicted octanol–water partition coefficient (Wildman–Crippen LogP) is 7.21. The molecule has 0 spiro atoms. The largest absolute Gasteiger partial charge is 0.393 e. The Morgan fingerprint density at radius 1 is 1.21 bits per heavy atom. The lowest BCUT2D eigenvalue weighted by molar-refractivity contribution is 0.0706. The third-order valence-electron chi connectivity index (χ3n) is 10.7. The van der Waals surface area contributed by atoms with Crippen molar-refractivity contribution in [3.8, 4) is 0 Å². The SMILES string of the molecule is C=C1C(=CC=C2CCC[C@]3(C)[C@@H](C(C)(C)C=C[C@H](O)C4(c5nc(CCC)cs5)CC4)CC[C@@H]23)C[C@@H](O)C[C@@H]1O. The van der Waals surface area contributed by atoms with E-state index in [1.165, 1.54) is 37.0 Å². The molecule has 0 radical (unpaired) electrons. The van der Waals surface area contributed by atoms with Crippen LogP contribution in [0.5, 0.6) is 0 Å². The van der Waals surface area contributed by atoms with Crippen molar-refractivity contribution in [2.75, 3.05) is 0 Å². The molecule has 0 aliphatic heterocycles. The number of hydrogen-bond donors (Lipinski definition) is 3. The number of aromatic nitrogens is 1. The first-order chi connectivity index (χ1) is 18.5. The zero-order chi connectivity index (χ0) is 28.0. The Kier molecular flexibility index (Phi) is 8.20. The van der Waals surface area contributed by atoms with E-state index in [1.807, 2.05) is 0 Å². The van der Waals surface area contributed by atoms with Crippen molar-refractivity contribution < 1.29 is 15.3 Å². The molecule has 6 atom stereocenters. The molecule has 1 aromatic heterocycles. The summed E-state index contributed by atoms with van der Waals surface area (Å²) in [5.74, 6) is 1.11. The van der Waals surface area contributed by atoms with E-state index in [0.717, 1.165) is 48.3 Å². The standard InChI is InChI=1S/C34H49NO3S/c1-6-8-25-21-39-31(35-25)34(17-18-34)30(38)14-16-32(3,4)29-13-12-27-23(9-7-15-33(27,29)5)10-11-24-19-26(36)20-28(37)22(24)2/h10-11,14,16,21,26-30,36-38H,2,6-9,12-13,15,17-20H2,1,3-5H3/t26-,27+,28+,29-,30+,33+/m1/s1. The monoisotopic (exact) mass is 551 g/mol. The molecular weight excluding hydrogens is 502 g/mol. The Morgan fingerprint density at radius 2 is 1.97 bits per heavy atom. The first kappa shape index (κ1) is 29.0. The quantitative estimate of drug-likeness (QED) is 0.299. The summed E-state index contributed by atoms with van der Waals surface area (Å²) in [6.45, 7) is 13.5. The van der Waals surface area contributed by atoms with Gasteiger partial charge in [0.25, 0.3) is 0 Å². The van der Waals surface area contributed by atoms with Crippen LogP contribution in [-0.2, 0) is 11.8 Å². The molecule has 0 aromatic carbocycles. The van der Waals surface area contributed by atoms with Gasteiger partial charge in [-0.3, -0.25) is 0 Å². The highest BCUT2D eigenvalue weighted by atomic mass is 32.1. The van der Waals surface area contributed by atoms with Gasteiger partial charge in [-0.1, -0.05) is 70.6 Å². The minimum absolute atomic E-state index is 0.0103. The number of hydrogen-bond acceptors (Lipinski definition) is 5. The predicted molar refractivity (Wildman–Crippen MR) is 161 cm³/mol. The van der Waals surface area contributed by atoms with Crippen LogP contribution in [0.3, 0.4) is 0 Å². The number of rotatable bonds is 8. The third kappa shape index (κ3) is 5.54. The number of aliphatic hydroxyl groups excluding tert-OH is 3. The van der Waals surface area contributed by atoms with E-state index in [9.17, 15) is 15.3 Å². The van der Waals surface area contributed by atoms with Gasteiger partial charge in [0, 0.05) is 11.8 Å². The van der Waals surface area contributed by atoms with Gasteiger partial charge in [-0.25, -0.2) is 4.98 Å². The van der Waals surface area contributed by atoms with Crippen molar-refractivity contribution in [3.05, 3.63) is 63.7 Å². The second-order valence-corrected chi connectivity index (χ2v) is 14.6. The molecular formula is C34H49NO3S. The van der Waals surface area contributed by atoms with Crippen LogP contribution in [0.2, 0.25) is 0 Å². The molecule has 4 nitrogen and oxygen atoms in total. The van der Waals surface area contributed by atoms with Crippen LogP contribution in [0.25, 0.3) is 0 Å². The van der Waals surface area contributed by atoms with Crippen LogP contribution in [0.4, 0.5) is 0 Å². The van der Waals surface area contributed by atoms with Crippen LogP contribution in [0.15, 0.2) is 53.0 Å². The minimum Gasteiger partial charge on any atom is -0.393 e. The molecule has 4 saturated carbocycles. The Balaban J connectivity index is 1.31. The maximum Gasteiger partial charge on any atom is 0.102 e. The second-order valence-electron chi connectivity index (χ2n) is 13.8. The Labute approximate surface area is 239 Å². The summed E-state index contributed by atoms with van der Waals surface area (Å²) in [7, 11) is 0. The van der Waals surface area contributed by atoms with E-state index in [0.29, 0.717) is 24.7 Å². The minimum atomic E-state index is -0.641. The van der Waals surface area contributed by atoms with E-state index >= 15 is 0 Å². The molecule has 0 unspecified atom stereocenters. The van der Waals surface area contributed by atoms with Gasteiger partial charge in [0.1, 0.15) is 5.01 Å². The molecule has 214 valence electrons. The molecule has 4 aliphatic rings. The van der Waals surface area contributed by atoms with Crippen LogP contribution in [0, 0.1) is 22.7 Å². The molecule has 5 heteroatoms. The number of aryl methyl sites for hydroxylation is 1. The summed E-state index contributed by atoms with van der Waals surface area (Å²) in [5.41, 5.74) is 4.48. The van der Waals surface area contributed by atoms with Gasteiger partial charge >= 0.3 is 0 Å². The van der Waals surface area contributed by atoms with E-state index in [1.54, 1.807) is 11.3 Å². The van der Waals surface area contributed by atoms with Crippen molar-refractivity contribution in [2.24, 2.45) is 22.7 Å². The highest BCUT2D eigenvalue weighted by Gasteiger charge is 2.54. The summed E-state index contributed by atoms with van der Waals surface area (Å²) in [5, 5.41) is 35.1. The first-order valence-corrected chi connectivity index (χ1v) is 16.2. The van der Waals surface area contributed by atoms with Gasteiger partial charge in [-0.15, -0.1) is 11.3 Å². The van der Waals surface area contributed by atoms with Crippen molar-refractivity contribution >= 4 is 11.3 Å². The van der Waals surface area contributed by atoms with Gasteiger partial charge in [0.2, 0.25) is 0 Å². The summed E-state index contributed by atoms with van der Waals surface area (Å²) in [6, 6.07) is 0. The molecule has 39 heavy (non-hydrogen) atoms. The fourth-order valence-corrected chi connectivity index (χ4v) is 9.39. The van der Waals surface area contributed by atoms with Gasteiger partial charge in [-0.2, -0.15) is 0 Å². The molecule has 4 aliphatic carbocycles. The normalized spacial score (nSPS) is 35.6. The van der Waals surface area contributed by atoms with E-state index < -0.39 is 18.3 Å². The van der Waals surface area contributed by atoms with Crippen LogP contribution < -0.4 is 0 Å². The van der Waals surface area contributed by atoms with Crippen molar-refractivity contribution in [1.29, 1.82) is 0 Å². The molecule has 0 bridgehead atoms. The highest BCUT2D eigenvalue weighted by molar-refractivity contribution is 7.09. The van der Waals surface area contributed by atoms with Crippen LogP contribution >= 0.6 is 11.3 Å². The van der Waals surface area contributed by atoms with Crippen molar-refractivity contribution in [1.82, 2.24) is 4.98 Å². The Morgan fingerprint density at radius 3 is 2.69 bits per heavy atom. The molecule has 0 amide bonds. The number of allylic oxidation sites excluding steroid dienone is 4. The number of nitrogens with zero attached hydrogens (tertiary/aromatic N) is 1. The van der Waals surface area contributed by atoms with Crippen molar-refractivity contribution in [2.45, 2.75) is 122 Å². The molecule has 1 heterocycles. The lowest BCUT2D eigenvalue weighted by atomic mass is 9.57. The lowest BCUT2D eigenvalue weighted by Crippen LogP contribution is -2.39. The van der Waals surface area contributed by atoms with E-state index in [-0.39, 0.29) is 16.2 Å². The number of fused-ring (bicyclic) bond motifs is 1. The fourth-order valence-electron chi connectivity index (χ4n) is 8.24. The molecule has 5 rings (SSSR count). The molecule has 0 saturated heterocycles. The number of aliphatic hydroxyl groups is 3. The van der Waals surface area contributed by atoms with Gasteiger partial charge in [0.15, 0.2) is 0 Å². The maximum absolute atomic E-state index is 11.4. The average Bonchev–Trinajstić information content (AvgIpc) is 3.41. The fraction of sp³-hybridized carbons (Fsp3) is 0.676. The van der Waals surface area contributed by atoms with Gasteiger partial charge in [0.05, 0.1) is 29.4 Å². The number of thiazole rings is 1.